The highest BCUT2D eigenvalue weighted by Gasteiger charge is 2.16. The molecule has 7 heteroatoms. The highest BCUT2D eigenvalue weighted by molar-refractivity contribution is 9.11. The molecule has 2 aromatic carbocycles. The van der Waals surface area contributed by atoms with Crippen molar-refractivity contribution in [2.24, 2.45) is 0 Å². The maximum absolute atomic E-state index is 12.3. The summed E-state index contributed by atoms with van der Waals surface area (Å²) in [7, 11) is -3.65. The van der Waals surface area contributed by atoms with E-state index >= 15 is 0 Å². The largest absolute Gasteiger partial charge is 0.399 e. The number of rotatable bonds is 3. The Morgan fingerprint density at radius 3 is 2.45 bits per heavy atom. The number of aryl methyl sites for hydroxylation is 1. The summed E-state index contributed by atoms with van der Waals surface area (Å²) in [5.74, 6) is 0. The summed E-state index contributed by atoms with van der Waals surface area (Å²) in [4.78, 5) is 0.177. The molecular weight excluding hydrogens is 408 g/mol. The van der Waals surface area contributed by atoms with Crippen LogP contribution in [0.25, 0.3) is 0 Å². The number of hydrogen-bond donors (Lipinski definition) is 2. The minimum absolute atomic E-state index is 0.177. The van der Waals surface area contributed by atoms with Crippen molar-refractivity contribution >= 4 is 53.3 Å². The molecule has 0 aromatic heterocycles. The van der Waals surface area contributed by atoms with Crippen molar-refractivity contribution in [1.82, 2.24) is 0 Å². The minimum atomic E-state index is -3.65. The molecule has 0 saturated carbocycles. The summed E-state index contributed by atoms with van der Waals surface area (Å²) < 4.78 is 28.7. The van der Waals surface area contributed by atoms with Crippen molar-refractivity contribution in [2.75, 3.05) is 10.5 Å². The zero-order chi connectivity index (χ0) is 14.9. The van der Waals surface area contributed by atoms with Gasteiger partial charge in [0.25, 0.3) is 10.0 Å². The number of nitrogens with two attached hydrogens (primary N) is 1. The molecule has 0 atom stereocenters. The Morgan fingerprint density at radius 1 is 1.10 bits per heavy atom. The Bertz CT molecular complexity index is 761. The molecule has 0 unspecified atom stereocenters. The summed E-state index contributed by atoms with van der Waals surface area (Å²) in [6.07, 6.45) is 0. The average Bonchev–Trinajstić information content (AvgIpc) is 2.36. The summed E-state index contributed by atoms with van der Waals surface area (Å²) in [6, 6.07) is 9.87. The molecule has 4 nitrogen and oxygen atoms in total. The third-order valence-electron chi connectivity index (χ3n) is 2.72. The fraction of sp³-hybridized carbons (Fsp3) is 0.0769. The van der Waals surface area contributed by atoms with E-state index in [0.717, 1.165) is 10.0 Å². The standard InChI is InChI=1S/C13H12Br2N2O2S/c1-8-6-10(3-5-12(8)16)20(18,19)17-13-7-9(14)2-4-11(13)15/h2-7,17H,16H2,1H3. The lowest BCUT2D eigenvalue weighted by molar-refractivity contribution is 0.601. The van der Waals surface area contributed by atoms with Gasteiger partial charge in [-0.15, -0.1) is 0 Å². The van der Waals surface area contributed by atoms with Crippen LogP contribution in [-0.4, -0.2) is 8.42 Å². The predicted molar refractivity (Wildman–Crippen MR) is 88.2 cm³/mol. The van der Waals surface area contributed by atoms with Crippen LogP contribution in [0.4, 0.5) is 11.4 Å². The zero-order valence-electron chi connectivity index (χ0n) is 10.5. The van der Waals surface area contributed by atoms with Crippen molar-refractivity contribution in [3.8, 4) is 0 Å². The summed E-state index contributed by atoms with van der Waals surface area (Å²) in [5.41, 5.74) is 7.45. The number of hydrogen-bond acceptors (Lipinski definition) is 3. The van der Waals surface area contributed by atoms with E-state index in [2.05, 4.69) is 36.6 Å². The molecule has 106 valence electrons. The van der Waals surface area contributed by atoms with E-state index in [-0.39, 0.29) is 4.90 Å². The van der Waals surface area contributed by atoms with Crippen LogP contribution in [0.1, 0.15) is 5.56 Å². The normalized spacial score (nSPS) is 11.3. The highest BCUT2D eigenvalue weighted by atomic mass is 79.9. The first-order valence-electron chi connectivity index (χ1n) is 5.63. The average molecular weight is 420 g/mol. The van der Waals surface area contributed by atoms with E-state index in [4.69, 9.17) is 5.73 Å². The summed E-state index contributed by atoms with van der Waals surface area (Å²) in [6.45, 7) is 1.77. The monoisotopic (exact) mass is 418 g/mol. The van der Waals surface area contributed by atoms with Gasteiger partial charge in [0.05, 0.1) is 10.6 Å². The highest BCUT2D eigenvalue weighted by Crippen LogP contribution is 2.28. The molecule has 2 rings (SSSR count). The number of nitrogens with one attached hydrogen (secondary N) is 1. The predicted octanol–water partition coefficient (Wildman–Crippen LogP) is 3.90. The van der Waals surface area contributed by atoms with E-state index in [1.165, 1.54) is 6.07 Å². The Kier molecular flexibility index (Phi) is 4.41. The molecule has 20 heavy (non-hydrogen) atoms. The SMILES string of the molecule is Cc1cc(S(=O)(=O)Nc2cc(Br)ccc2Br)ccc1N. The molecule has 0 aliphatic carbocycles. The Balaban J connectivity index is 2.40. The van der Waals surface area contributed by atoms with E-state index in [0.29, 0.717) is 15.8 Å². The second-order valence-electron chi connectivity index (χ2n) is 4.25. The molecule has 0 amide bonds. The van der Waals surface area contributed by atoms with Gasteiger partial charge in [-0.25, -0.2) is 8.42 Å². The quantitative estimate of drug-likeness (QED) is 0.741. The minimum Gasteiger partial charge on any atom is -0.399 e. The molecule has 2 aromatic rings. The molecule has 0 spiro atoms. The topological polar surface area (TPSA) is 72.2 Å². The second kappa shape index (κ2) is 5.75. The van der Waals surface area contributed by atoms with Gasteiger partial charge in [-0.2, -0.15) is 0 Å². The fourth-order valence-electron chi connectivity index (χ4n) is 1.59. The van der Waals surface area contributed by atoms with Crippen LogP contribution in [0.2, 0.25) is 0 Å². The van der Waals surface area contributed by atoms with Crippen LogP contribution in [0.3, 0.4) is 0 Å². The first kappa shape index (κ1) is 15.3. The molecular formula is C13H12Br2N2O2S. The lowest BCUT2D eigenvalue weighted by atomic mass is 10.2. The Morgan fingerprint density at radius 2 is 1.80 bits per heavy atom. The van der Waals surface area contributed by atoms with Gasteiger partial charge in [0.1, 0.15) is 0 Å². The molecule has 0 heterocycles. The van der Waals surface area contributed by atoms with Gasteiger partial charge in [-0.1, -0.05) is 15.9 Å². The van der Waals surface area contributed by atoms with E-state index in [1.54, 1.807) is 31.2 Å². The lowest BCUT2D eigenvalue weighted by Gasteiger charge is -2.11. The van der Waals surface area contributed by atoms with Crippen molar-refractivity contribution in [2.45, 2.75) is 11.8 Å². The van der Waals surface area contributed by atoms with Crippen LogP contribution in [0.15, 0.2) is 50.2 Å². The Labute approximate surface area is 134 Å². The smallest absolute Gasteiger partial charge is 0.261 e. The third kappa shape index (κ3) is 3.34. The van der Waals surface area contributed by atoms with Gasteiger partial charge in [-0.05, 0) is 64.8 Å². The van der Waals surface area contributed by atoms with Crippen LogP contribution >= 0.6 is 31.9 Å². The maximum atomic E-state index is 12.3. The van der Waals surface area contributed by atoms with E-state index in [9.17, 15) is 8.42 Å². The number of benzene rings is 2. The zero-order valence-corrected chi connectivity index (χ0v) is 14.5. The van der Waals surface area contributed by atoms with Gasteiger partial charge < -0.3 is 5.73 Å². The van der Waals surface area contributed by atoms with Gasteiger partial charge in [0.2, 0.25) is 0 Å². The first-order valence-corrected chi connectivity index (χ1v) is 8.70. The molecule has 0 saturated heterocycles. The van der Waals surface area contributed by atoms with Gasteiger partial charge in [0.15, 0.2) is 0 Å². The van der Waals surface area contributed by atoms with Crippen LogP contribution in [0.5, 0.6) is 0 Å². The van der Waals surface area contributed by atoms with Crippen LogP contribution < -0.4 is 10.5 Å². The van der Waals surface area contributed by atoms with Crippen LogP contribution in [0, 0.1) is 6.92 Å². The first-order chi connectivity index (χ1) is 9.29. The number of anilines is 2. The molecule has 0 radical (unpaired) electrons. The lowest BCUT2D eigenvalue weighted by Crippen LogP contribution is -2.13. The molecule has 0 aliphatic rings. The van der Waals surface area contributed by atoms with Crippen molar-refractivity contribution in [3.63, 3.8) is 0 Å². The maximum Gasteiger partial charge on any atom is 0.261 e. The van der Waals surface area contributed by atoms with Gasteiger partial charge >= 0.3 is 0 Å². The number of halogens is 2. The van der Waals surface area contributed by atoms with Crippen molar-refractivity contribution < 1.29 is 8.42 Å². The summed E-state index contributed by atoms with van der Waals surface area (Å²) in [5, 5.41) is 0. The number of sulfonamides is 1. The van der Waals surface area contributed by atoms with E-state index < -0.39 is 10.0 Å². The molecule has 3 N–H and O–H groups in total. The molecule has 0 bridgehead atoms. The molecule has 0 aliphatic heterocycles. The summed E-state index contributed by atoms with van der Waals surface area (Å²) >= 11 is 6.62. The fourth-order valence-corrected chi connectivity index (χ4v) is 3.59. The second-order valence-corrected chi connectivity index (χ2v) is 7.70. The van der Waals surface area contributed by atoms with Crippen LogP contribution in [-0.2, 0) is 10.0 Å². The van der Waals surface area contributed by atoms with Crippen molar-refractivity contribution in [1.29, 1.82) is 0 Å². The van der Waals surface area contributed by atoms with Gasteiger partial charge in [-0.3, -0.25) is 4.72 Å². The van der Waals surface area contributed by atoms with Gasteiger partial charge in [0, 0.05) is 14.6 Å². The number of nitrogen functional groups attached to an aromatic ring is 1. The van der Waals surface area contributed by atoms with E-state index in [1.807, 2.05) is 6.07 Å². The third-order valence-corrected chi connectivity index (χ3v) is 5.27. The van der Waals surface area contributed by atoms with Crippen molar-refractivity contribution in [3.05, 3.63) is 50.9 Å². The molecule has 0 fully saturated rings. The Hall–Kier alpha value is -1.05.